The first kappa shape index (κ1) is 16.7. The zero-order chi connectivity index (χ0) is 16.9. The maximum Gasteiger partial charge on any atom is 0.122 e. The molecule has 24 heavy (non-hydrogen) atoms. The van der Waals surface area contributed by atoms with E-state index >= 15 is 0 Å². The molecule has 0 aromatic heterocycles. The summed E-state index contributed by atoms with van der Waals surface area (Å²) < 4.78 is 16.0. The first-order valence-corrected chi connectivity index (χ1v) is 8.32. The normalized spacial score (nSPS) is 15.0. The number of hydrogen-bond acceptors (Lipinski definition) is 4. The van der Waals surface area contributed by atoms with Gasteiger partial charge >= 0.3 is 0 Å². The summed E-state index contributed by atoms with van der Waals surface area (Å²) in [5.41, 5.74) is 2.47. The second-order valence-corrected chi connectivity index (χ2v) is 6.19. The fraction of sp³-hybridized carbons (Fsp3) is 0.400. The summed E-state index contributed by atoms with van der Waals surface area (Å²) >= 11 is 0. The first-order chi connectivity index (χ1) is 11.7. The lowest BCUT2D eigenvalue weighted by atomic mass is 10.0. The summed E-state index contributed by atoms with van der Waals surface area (Å²) in [7, 11) is 5.05. The molecule has 1 saturated carbocycles. The van der Waals surface area contributed by atoms with Gasteiger partial charge in [0, 0.05) is 18.7 Å². The van der Waals surface area contributed by atoms with Gasteiger partial charge in [0.1, 0.15) is 17.2 Å². The van der Waals surface area contributed by atoms with Crippen molar-refractivity contribution < 1.29 is 14.2 Å². The van der Waals surface area contributed by atoms with E-state index in [-0.39, 0.29) is 0 Å². The van der Waals surface area contributed by atoms with E-state index in [1.54, 1.807) is 21.3 Å². The molecule has 0 spiro atoms. The molecule has 1 atom stereocenters. The number of methoxy groups -OCH3 is 3. The Morgan fingerprint density at radius 3 is 1.96 bits per heavy atom. The van der Waals surface area contributed by atoms with Gasteiger partial charge in [-0.05, 0) is 54.2 Å². The molecule has 1 aliphatic carbocycles. The van der Waals surface area contributed by atoms with Gasteiger partial charge in [0.15, 0.2) is 0 Å². The van der Waals surface area contributed by atoms with Gasteiger partial charge in [0.2, 0.25) is 0 Å². The van der Waals surface area contributed by atoms with Crippen molar-refractivity contribution >= 4 is 0 Å². The van der Waals surface area contributed by atoms with Crippen LogP contribution in [0.15, 0.2) is 42.5 Å². The maximum absolute atomic E-state index is 5.35. The first-order valence-electron chi connectivity index (χ1n) is 8.32. The minimum Gasteiger partial charge on any atom is -0.497 e. The molecule has 1 unspecified atom stereocenters. The van der Waals surface area contributed by atoms with Gasteiger partial charge in [0.25, 0.3) is 0 Å². The molecule has 1 fully saturated rings. The van der Waals surface area contributed by atoms with Crippen LogP contribution in [0.25, 0.3) is 0 Å². The van der Waals surface area contributed by atoms with Crippen molar-refractivity contribution in [3.63, 3.8) is 0 Å². The standard InChI is InChI=1S/C20H25NO3/c1-22-17-8-6-16(7-9-17)20(15-4-5-15)21-13-14-10-18(23-2)12-19(11-14)24-3/h6-12,15,20-21H,4-5,13H2,1-3H3. The lowest BCUT2D eigenvalue weighted by Crippen LogP contribution is -2.22. The quantitative estimate of drug-likeness (QED) is 0.797. The van der Waals surface area contributed by atoms with E-state index in [0.717, 1.165) is 29.4 Å². The van der Waals surface area contributed by atoms with Crippen molar-refractivity contribution in [1.29, 1.82) is 0 Å². The van der Waals surface area contributed by atoms with Gasteiger partial charge in [-0.25, -0.2) is 0 Å². The maximum atomic E-state index is 5.35. The highest BCUT2D eigenvalue weighted by Crippen LogP contribution is 2.41. The molecule has 0 amide bonds. The summed E-state index contributed by atoms with van der Waals surface area (Å²) in [5.74, 6) is 3.24. The molecular weight excluding hydrogens is 302 g/mol. The van der Waals surface area contributed by atoms with Crippen molar-refractivity contribution in [3.8, 4) is 17.2 Å². The van der Waals surface area contributed by atoms with Crippen LogP contribution < -0.4 is 19.5 Å². The summed E-state index contributed by atoms with van der Waals surface area (Å²) in [6.07, 6.45) is 2.57. The van der Waals surface area contributed by atoms with Crippen LogP contribution in [0, 0.1) is 5.92 Å². The Morgan fingerprint density at radius 2 is 1.46 bits per heavy atom. The Kier molecular flexibility index (Phi) is 5.26. The molecule has 0 heterocycles. The minimum atomic E-state index is 0.369. The van der Waals surface area contributed by atoms with E-state index in [4.69, 9.17) is 14.2 Å². The predicted molar refractivity (Wildman–Crippen MR) is 94.8 cm³/mol. The van der Waals surface area contributed by atoms with Crippen molar-refractivity contribution in [2.45, 2.75) is 25.4 Å². The third-order valence-electron chi connectivity index (χ3n) is 4.51. The second-order valence-electron chi connectivity index (χ2n) is 6.19. The number of rotatable bonds is 8. The van der Waals surface area contributed by atoms with Gasteiger partial charge in [-0.2, -0.15) is 0 Å². The van der Waals surface area contributed by atoms with Crippen LogP contribution in [0.4, 0.5) is 0 Å². The average Bonchev–Trinajstić information content (AvgIpc) is 3.47. The monoisotopic (exact) mass is 327 g/mol. The largest absolute Gasteiger partial charge is 0.497 e. The minimum absolute atomic E-state index is 0.369. The highest BCUT2D eigenvalue weighted by molar-refractivity contribution is 5.38. The SMILES string of the molecule is COc1ccc(C(NCc2cc(OC)cc(OC)c2)C2CC2)cc1. The number of nitrogens with one attached hydrogen (secondary N) is 1. The van der Waals surface area contributed by atoms with Crippen LogP contribution in [-0.2, 0) is 6.54 Å². The summed E-state index contributed by atoms with van der Waals surface area (Å²) in [4.78, 5) is 0. The lowest BCUT2D eigenvalue weighted by Gasteiger charge is -2.20. The Labute approximate surface area is 143 Å². The highest BCUT2D eigenvalue weighted by atomic mass is 16.5. The summed E-state index contributed by atoms with van der Waals surface area (Å²) in [6, 6.07) is 14.7. The lowest BCUT2D eigenvalue weighted by molar-refractivity contribution is 0.392. The molecule has 128 valence electrons. The molecule has 1 N–H and O–H groups in total. The zero-order valence-corrected chi connectivity index (χ0v) is 14.5. The van der Waals surface area contributed by atoms with E-state index in [0.29, 0.717) is 12.0 Å². The van der Waals surface area contributed by atoms with Crippen LogP contribution in [0.5, 0.6) is 17.2 Å². The molecule has 1 aliphatic rings. The van der Waals surface area contributed by atoms with Crippen LogP contribution >= 0.6 is 0 Å². The Bertz CT molecular complexity index is 643. The van der Waals surface area contributed by atoms with Gasteiger partial charge in [-0.15, -0.1) is 0 Å². The van der Waals surface area contributed by atoms with Gasteiger partial charge < -0.3 is 19.5 Å². The third kappa shape index (κ3) is 4.01. The number of hydrogen-bond donors (Lipinski definition) is 1. The molecule has 0 bridgehead atoms. The Balaban J connectivity index is 1.72. The fourth-order valence-corrected chi connectivity index (χ4v) is 2.99. The van der Waals surface area contributed by atoms with E-state index in [2.05, 4.69) is 17.4 Å². The van der Waals surface area contributed by atoms with Crippen LogP contribution in [0.1, 0.15) is 30.0 Å². The predicted octanol–water partition coefficient (Wildman–Crippen LogP) is 3.95. The van der Waals surface area contributed by atoms with Crippen molar-refractivity contribution in [3.05, 3.63) is 53.6 Å². The van der Waals surface area contributed by atoms with E-state index in [1.165, 1.54) is 18.4 Å². The molecule has 0 radical (unpaired) electrons. The molecule has 4 heteroatoms. The average molecular weight is 327 g/mol. The number of ether oxygens (including phenoxy) is 3. The van der Waals surface area contributed by atoms with Gasteiger partial charge in [0.05, 0.1) is 21.3 Å². The zero-order valence-electron chi connectivity index (χ0n) is 14.5. The van der Waals surface area contributed by atoms with Crippen LogP contribution in [0.2, 0.25) is 0 Å². The summed E-state index contributed by atoms with van der Waals surface area (Å²) in [5, 5.41) is 3.70. The van der Waals surface area contributed by atoms with Crippen LogP contribution in [-0.4, -0.2) is 21.3 Å². The highest BCUT2D eigenvalue weighted by Gasteiger charge is 2.31. The molecule has 2 aromatic rings. The summed E-state index contributed by atoms with van der Waals surface area (Å²) in [6.45, 7) is 0.779. The molecule has 2 aromatic carbocycles. The fourth-order valence-electron chi connectivity index (χ4n) is 2.99. The van der Waals surface area contributed by atoms with Crippen LogP contribution in [0.3, 0.4) is 0 Å². The molecule has 3 rings (SSSR count). The van der Waals surface area contributed by atoms with Crippen molar-refractivity contribution in [2.24, 2.45) is 5.92 Å². The van der Waals surface area contributed by atoms with Gasteiger partial charge in [-0.1, -0.05) is 12.1 Å². The second kappa shape index (κ2) is 7.58. The van der Waals surface area contributed by atoms with Crippen molar-refractivity contribution in [1.82, 2.24) is 5.32 Å². The Morgan fingerprint density at radius 1 is 0.875 bits per heavy atom. The van der Waals surface area contributed by atoms with E-state index < -0.39 is 0 Å². The Hall–Kier alpha value is -2.20. The third-order valence-corrected chi connectivity index (χ3v) is 4.51. The smallest absolute Gasteiger partial charge is 0.122 e. The number of benzene rings is 2. The topological polar surface area (TPSA) is 39.7 Å². The van der Waals surface area contributed by atoms with E-state index in [1.807, 2.05) is 30.3 Å². The van der Waals surface area contributed by atoms with Crippen molar-refractivity contribution in [2.75, 3.05) is 21.3 Å². The molecule has 4 nitrogen and oxygen atoms in total. The molecule has 0 aliphatic heterocycles. The molecular formula is C20H25NO3. The molecule has 0 saturated heterocycles. The van der Waals surface area contributed by atoms with E-state index in [9.17, 15) is 0 Å². The van der Waals surface area contributed by atoms with Gasteiger partial charge in [-0.3, -0.25) is 0 Å².